The van der Waals surface area contributed by atoms with Crippen molar-refractivity contribution in [2.75, 3.05) is 45.9 Å². The molecule has 0 bridgehead atoms. The molecule has 0 aliphatic carbocycles. The van der Waals surface area contributed by atoms with E-state index >= 15 is 0 Å². The average Bonchev–Trinajstić information content (AvgIpc) is 2.61. The minimum atomic E-state index is -0.177. The van der Waals surface area contributed by atoms with Gasteiger partial charge in [-0.1, -0.05) is 51.9 Å². The summed E-state index contributed by atoms with van der Waals surface area (Å²) in [6.07, 6.45) is 17.6. The number of quaternary nitrogens is 1. The molecule has 1 fully saturated rings. The first-order chi connectivity index (χ1) is 12.2. The summed E-state index contributed by atoms with van der Waals surface area (Å²) in [5.41, 5.74) is 0. The third kappa shape index (κ3) is 9.83. The van der Waals surface area contributed by atoms with Gasteiger partial charge in [0, 0.05) is 0 Å². The lowest BCUT2D eigenvalue weighted by Crippen LogP contribution is -3.00. The highest BCUT2D eigenvalue weighted by atomic mass is 79.9. The van der Waals surface area contributed by atoms with Crippen molar-refractivity contribution in [3.63, 3.8) is 0 Å². The van der Waals surface area contributed by atoms with Crippen LogP contribution in [0, 0.1) is 12.3 Å². The maximum atomic E-state index is 11.8. The topological polar surface area (TPSA) is 29.5 Å². The Hall–Kier alpha value is -0.730. The molecule has 26 heavy (non-hydrogen) atoms. The van der Waals surface area contributed by atoms with Gasteiger partial charge >= 0.3 is 6.09 Å². The van der Waals surface area contributed by atoms with Crippen LogP contribution >= 0.6 is 0 Å². The molecule has 1 heterocycles. The predicted octanol–water partition coefficient (Wildman–Crippen LogP) is 1.44. The van der Waals surface area contributed by atoms with Gasteiger partial charge in [0.2, 0.25) is 0 Å². The molecule has 0 saturated carbocycles. The Bertz CT molecular complexity index is 401. The largest absolute Gasteiger partial charge is 1.00 e. The minimum absolute atomic E-state index is 0. The molecular formula is C21H39BrN2O2. The normalized spacial score (nSPS) is 15.8. The summed E-state index contributed by atoms with van der Waals surface area (Å²) in [7, 11) is 0. The van der Waals surface area contributed by atoms with E-state index in [1.807, 2.05) is 11.8 Å². The van der Waals surface area contributed by atoms with Crippen LogP contribution in [0.5, 0.6) is 0 Å². The molecule has 1 amide bonds. The first-order valence-electron chi connectivity index (χ1n) is 10.4. The Morgan fingerprint density at radius 2 is 1.54 bits per heavy atom. The molecular weight excluding hydrogens is 392 g/mol. The van der Waals surface area contributed by atoms with Crippen molar-refractivity contribution >= 4 is 6.09 Å². The molecule has 1 aliphatic rings. The number of halogens is 1. The lowest BCUT2D eigenvalue weighted by molar-refractivity contribution is -0.925. The molecule has 1 aliphatic heterocycles. The first-order valence-corrected chi connectivity index (χ1v) is 10.4. The van der Waals surface area contributed by atoms with Crippen LogP contribution in [0.25, 0.3) is 0 Å². The number of nitrogens with zero attached hydrogens (tertiary/aromatic N) is 2. The number of terminal acetylenes is 1. The van der Waals surface area contributed by atoms with E-state index in [4.69, 9.17) is 11.2 Å². The monoisotopic (exact) mass is 430 g/mol. The van der Waals surface area contributed by atoms with Gasteiger partial charge in [-0.05, 0) is 25.7 Å². The van der Waals surface area contributed by atoms with Gasteiger partial charge in [0.1, 0.15) is 6.54 Å². The fourth-order valence-electron chi connectivity index (χ4n) is 3.70. The quantitative estimate of drug-likeness (QED) is 0.266. The smallest absolute Gasteiger partial charge is 0.410 e. The number of hydrogen-bond acceptors (Lipinski definition) is 2. The van der Waals surface area contributed by atoms with Crippen molar-refractivity contribution in [3.05, 3.63) is 0 Å². The predicted molar refractivity (Wildman–Crippen MR) is 104 cm³/mol. The third-order valence-corrected chi connectivity index (χ3v) is 5.38. The van der Waals surface area contributed by atoms with E-state index in [9.17, 15) is 4.79 Å². The second-order valence-corrected chi connectivity index (χ2v) is 7.39. The molecule has 4 nitrogen and oxygen atoms in total. The number of carbonyl (C=O) groups is 1. The van der Waals surface area contributed by atoms with Crippen LogP contribution in [0.2, 0.25) is 0 Å². The van der Waals surface area contributed by atoms with Crippen LogP contribution in [0.15, 0.2) is 0 Å². The summed E-state index contributed by atoms with van der Waals surface area (Å²) < 4.78 is 6.08. The number of ether oxygens (including phenoxy) is 1. The molecule has 0 radical (unpaired) electrons. The van der Waals surface area contributed by atoms with Gasteiger partial charge in [-0.25, -0.2) is 4.79 Å². The second kappa shape index (κ2) is 15.3. The lowest BCUT2D eigenvalue weighted by atomic mass is 10.1. The van der Waals surface area contributed by atoms with Gasteiger partial charge < -0.3 is 26.2 Å². The van der Waals surface area contributed by atoms with E-state index in [-0.39, 0.29) is 23.1 Å². The van der Waals surface area contributed by atoms with Crippen molar-refractivity contribution in [1.29, 1.82) is 0 Å². The van der Waals surface area contributed by atoms with Gasteiger partial charge in [0.05, 0.1) is 39.3 Å². The Morgan fingerprint density at radius 3 is 2.04 bits per heavy atom. The van der Waals surface area contributed by atoms with Crippen LogP contribution in [0.1, 0.15) is 71.6 Å². The number of carbonyl (C=O) groups excluding carboxylic acids is 1. The van der Waals surface area contributed by atoms with Gasteiger partial charge in [0.25, 0.3) is 0 Å². The molecule has 0 unspecified atom stereocenters. The van der Waals surface area contributed by atoms with Crippen LogP contribution in [0.3, 0.4) is 0 Å². The second-order valence-electron chi connectivity index (χ2n) is 7.39. The summed E-state index contributed by atoms with van der Waals surface area (Å²) in [4.78, 5) is 13.7. The number of hydrogen-bond donors (Lipinski definition) is 0. The summed E-state index contributed by atoms with van der Waals surface area (Å²) in [5, 5.41) is 0. The van der Waals surface area contributed by atoms with E-state index in [2.05, 4.69) is 12.8 Å². The molecule has 0 aromatic heterocycles. The van der Waals surface area contributed by atoms with Crippen molar-refractivity contribution in [3.8, 4) is 12.3 Å². The first kappa shape index (κ1) is 25.3. The highest BCUT2D eigenvalue weighted by Gasteiger charge is 2.33. The minimum Gasteiger partial charge on any atom is -1.00 e. The van der Waals surface area contributed by atoms with Crippen molar-refractivity contribution in [1.82, 2.24) is 4.90 Å². The zero-order valence-electron chi connectivity index (χ0n) is 17.0. The van der Waals surface area contributed by atoms with Crippen molar-refractivity contribution in [2.45, 2.75) is 71.6 Å². The zero-order valence-corrected chi connectivity index (χ0v) is 18.6. The molecule has 5 heteroatoms. The van der Waals surface area contributed by atoms with Gasteiger partial charge in [-0.2, -0.15) is 0 Å². The van der Waals surface area contributed by atoms with Crippen LogP contribution in [0.4, 0.5) is 4.79 Å². The van der Waals surface area contributed by atoms with E-state index in [1.165, 1.54) is 57.8 Å². The summed E-state index contributed by atoms with van der Waals surface area (Å²) in [5.74, 6) is 2.87. The SMILES string of the molecule is C#CC[N+]1(CCCCCCCCCCC)CCN(C(=O)OCC)CC1.[Br-]. The number of rotatable bonds is 12. The van der Waals surface area contributed by atoms with E-state index in [0.717, 1.165) is 43.8 Å². The van der Waals surface area contributed by atoms with Gasteiger partial charge in [0.15, 0.2) is 0 Å². The van der Waals surface area contributed by atoms with Crippen molar-refractivity contribution < 1.29 is 31.0 Å². The Morgan fingerprint density at radius 1 is 1.00 bits per heavy atom. The van der Waals surface area contributed by atoms with Gasteiger partial charge in [-0.15, -0.1) is 6.42 Å². The Labute approximate surface area is 172 Å². The third-order valence-electron chi connectivity index (χ3n) is 5.38. The summed E-state index contributed by atoms with van der Waals surface area (Å²) in [6, 6.07) is 0. The summed E-state index contributed by atoms with van der Waals surface area (Å²) in [6.45, 7) is 9.93. The van der Waals surface area contributed by atoms with Crippen molar-refractivity contribution in [2.24, 2.45) is 0 Å². The number of unbranched alkanes of at least 4 members (excludes halogenated alkanes) is 8. The highest BCUT2D eigenvalue weighted by molar-refractivity contribution is 5.67. The van der Waals surface area contributed by atoms with Crippen LogP contribution in [-0.2, 0) is 4.74 Å². The maximum absolute atomic E-state index is 11.8. The Balaban J connectivity index is 0.00000625. The maximum Gasteiger partial charge on any atom is 0.410 e. The number of piperazine rings is 1. The van der Waals surface area contributed by atoms with E-state index in [1.54, 1.807) is 0 Å². The fourth-order valence-corrected chi connectivity index (χ4v) is 3.70. The summed E-state index contributed by atoms with van der Waals surface area (Å²) >= 11 is 0. The number of amides is 1. The van der Waals surface area contributed by atoms with Crippen LogP contribution < -0.4 is 17.0 Å². The molecule has 0 atom stereocenters. The molecule has 0 aromatic carbocycles. The highest BCUT2D eigenvalue weighted by Crippen LogP contribution is 2.17. The van der Waals surface area contributed by atoms with Gasteiger partial charge in [-0.3, -0.25) is 4.90 Å². The molecule has 1 rings (SSSR count). The molecule has 0 aromatic rings. The molecule has 0 spiro atoms. The fraction of sp³-hybridized carbons (Fsp3) is 0.857. The lowest BCUT2D eigenvalue weighted by Gasteiger charge is -2.43. The Kier molecular flexibility index (Phi) is 14.9. The zero-order chi connectivity index (χ0) is 18.4. The molecule has 1 saturated heterocycles. The molecule has 0 N–H and O–H groups in total. The molecule has 152 valence electrons. The standard InChI is InChI=1S/C21H39N2O2.BrH/c1-4-7-8-9-10-11-12-13-14-18-23(17-5-2)19-15-22(16-20-23)21(24)25-6-3;/h2H,4,6-20H2,1,3H3;1H/q+1;/p-1. The van der Waals surface area contributed by atoms with E-state index < -0.39 is 0 Å². The average molecular weight is 431 g/mol. The van der Waals surface area contributed by atoms with E-state index in [0.29, 0.717) is 6.61 Å². The van der Waals surface area contributed by atoms with Crippen LogP contribution in [-0.4, -0.2) is 61.4 Å².